The van der Waals surface area contributed by atoms with Crippen LogP contribution in [0.2, 0.25) is 0 Å². The quantitative estimate of drug-likeness (QED) is 0.520. The van der Waals surface area contributed by atoms with Gasteiger partial charge in [0.15, 0.2) is 0 Å². The zero-order chi connectivity index (χ0) is 10.6. The van der Waals surface area contributed by atoms with Crippen molar-refractivity contribution in [3.05, 3.63) is 12.2 Å². The van der Waals surface area contributed by atoms with Gasteiger partial charge in [-0.1, -0.05) is 32.9 Å². The molecule has 4 aliphatic rings. The van der Waals surface area contributed by atoms with Gasteiger partial charge in [0.1, 0.15) is 0 Å². The minimum atomic E-state index is 0.624. The number of hydrogen-bond donors (Lipinski definition) is 0. The van der Waals surface area contributed by atoms with E-state index in [0.29, 0.717) is 16.2 Å². The largest absolute Gasteiger partial charge is 0.0993 e. The maximum Gasteiger partial charge on any atom is 0.00360 e. The Morgan fingerprint density at radius 2 is 1.93 bits per heavy atom. The van der Waals surface area contributed by atoms with Gasteiger partial charge in [-0.05, 0) is 54.3 Å². The number of rotatable bonds is 0. The molecule has 1 spiro atoms. The van der Waals surface area contributed by atoms with Gasteiger partial charge < -0.3 is 0 Å². The average Bonchev–Trinajstić information content (AvgIpc) is 2.84. The van der Waals surface area contributed by atoms with E-state index in [1.54, 1.807) is 5.57 Å². The summed E-state index contributed by atoms with van der Waals surface area (Å²) in [5.41, 5.74) is 3.58. The first-order valence-electron chi connectivity index (χ1n) is 6.65. The SMILES string of the molecule is C=C1CC[C@@H]2[C@]13[C@@H]1[C@H](CC[C@@]23C)C1(C)C. The van der Waals surface area contributed by atoms with Crippen LogP contribution in [0.5, 0.6) is 0 Å². The molecule has 0 N–H and O–H groups in total. The zero-order valence-corrected chi connectivity index (χ0v) is 10.3. The summed E-state index contributed by atoms with van der Waals surface area (Å²) in [7, 11) is 0. The monoisotopic (exact) mass is 202 g/mol. The van der Waals surface area contributed by atoms with E-state index in [1.807, 2.05) is 0 Å². The van der Waals surface area contributed by atoms with Gasteiger partial charge in [0.25, 0.3) is 0 Å². The zero-order valence-electron chi connectivity index (χ0n) is 10.3. The van der Waals surface area contributed by atoms with E-state index in [-0.39, 0.29) is 0 Å². The summed E-state index contributed by atoms with van der Waals surface area (Å²) in [6.07, 6.45) is 5.77. The summed E-state index contributed by atoms with van der Waals surface area (Å²) in [6, 6.07) is 0. The topological polar surface area (TPSA) is 0 Å². The van der Waals surface area contributed by atoms with E-state index in [2.05, 4.69) is 27.4 Å². The van der Waals surface area contributed by atoms with Crippen molar-refractivity contribution in [1.82, 2.24) is 0 Å². The predicted octanol–water partition coefficient (Wildman–Crippen LogP) is 4.02. The Morgan fingerprint density at radius 1 is 1.20 bits per heavy atom. The molecule has 0 bridgehead atoms. The van der Waals surface area contributed by atoms with Gasteiger partial charge in [0, 0.05) is 5.41 Å². The van der Waals surface area contributed by atoms with Crippen LogP contribution in [-0.2, 0) is 0 Å². The molecule has 0 aromatic rings. The lowest BCUT2D eigenvalue weighted by molar-refractivity contribution is 0.266. The minimum absolute atomic E-state index is 0.624. The van der Waals surface area contributed by atoms with E-state index >= 15 is 0 Å². The van der Waals surface area contributed by atoms with Crippen molar-refractivity contribution in [1.29, 1.82) is 0 Å². The normalized spacial score (nSPS) is 63.1. The van der Waals surface area contributed by atoms with Crippen LogP contribution in [0.15, 0.2) is 12.2 Å². The first kappa shape index (κ1) is 8.84. The van der Waals surface area contributed by atoms with E-state index < -0.39 is 0 Å². The molecule has 0 radical (unpaired) electrons. The predicted molar refractivity (Wildman–Crippen MR) is 62.4 cm³/mol. The number of fused-ring (bicyclic) bond motifs is 2. The molecule has 0 aromatic heterocycles. The third kappa shape index (κ3) is 0.610. The molecule has 0 heterocycles. The highest BCUT2D eigenvalue weighted by Crippen LogP contribution is 2.93. The smallest absolute Gasteiger partial charge is 0.00360 e. The Hall–Kier alpha value is -0.260. The second-order valence-electron chi connectivity index (χ2n) is 7.43. The van der Waals surface area contributed by atoms with Crippen LogP contribution in [0.4, 0.5) is 0 Å². The summed E-state index contributed by atoms with van der Waals surface area (Å²) in [5, 5.41) is 0. The maximum absolute atomic E-state index is 4.44. The molecule has 0 saturated heterocycles. The van der Waals surface area contributed by atoms with Crippen molar-refractivity contribution >= 4 is 0 Å². The summed E-state index contributed by atoms with van der Waals surface area (Å²) in [5.74, 6) is 3.06. The van der Waals surface area contributed by atoms with Crippen LogP contribution in [0.3, 0.4) is 0 Å². The third-order valence-electron chi connectivity index (χ3n) is 7.02. The maximum atomic E-state index is 4.44. The standard InChI is InChI=1S/C15H22/c1-9-5-6-11-14(4)8-7-10-12(13(10,2)3)15(9,11)14/h10-12H,1,5-8H2,2-4H3/t10-,11-,12+,14-,15-/m0/s1. The lowest BCUT2D eigenvalue weighted by atomic mass is 9.75. The molecule has 0 amide bonds. The van der Waals surface area contributed by atoms with Crippen LogP contribution < -0.4 is 0 Å². The molecule has 4 saturated carbocycles. The van der Waals surface area contributed by atoms with Gasteiger partial charge in [-0.3, -0.25) is 0 Å². The molecule has 4 rings (SSSR count). The Labute approximate surface area is 93.1 Å². The van der Waals surface area contributed by atoms with Crippen molar-refractivity contribution in [2.24, 2.45) is 34.0 Å². The molecular formula is C15H22. The van der Waals surface area contributed by atoms with Gasteiger partial charge in [0.2, 0.25) is 0 Å². The van der Waals surface area contributed by atoms with E-state index in [0.717, 1.165) is 17.8 Å². The van der Waals surface area contributed by atoms with E-state index in [9.17, 15) is 0 Å². The molecular weight excluding hydrogens is 180 g/mol. The van der Waals surface area contributed by atoms with Crippen molar-refractivity contribution in [3.63, 3.8) is 0 Å². The summed E-state index contributed by atoms with van der Waals surface area (Å²) >= 11 is 0. The minimum Gasteiger partial charge on any atom is -0.0993 e. The molecule has 0 aromatic carbocycles. The van der Waals surface area contributed by atoms with Crippen molar-refractivity contribution in [2.75, 3.05) is 0 Å². The van der Waals surface area contributed by atoms with Crippen LogP contribution in [0.25, 0.3) is 0 Å². The molecule has 82 valence electrons. The second kappa shape index (κ2) is 1.96. The summed E-state index contributed by atoms with van der Waals surface area (Å²) in [6.45, 7) is 12.0. The Bertz CT molecular complexity index is 377. The van der Waals surface area contributed by atoms with E-state index in [4.69, 9.17) is 0 Å². The number of allylic oxidation sites excluding steroid dienone is 1. The molecule has 0 unspecified atom stereocenters. The van der Waals surface area contributed by atoms with Crippen LogP contribution in [-0.4, -0.2) is 0 Å². The molecule has 0 heteroatoms. The van der Waals surface area contributed by atoms with Crippen molar-refractivity contribution < 1.29 is 0 Å². The highest BCUT2D eigenvalue weighted by molar-refractivity contribution is 5.45. The van der Waals surface area contributed by atoms with E-state index in [1.165, 1.54) is 25.7 Å². The molecule has 15 heavy (non-hydrogen) atoms. The van der Waals surface area contributed by atoms with Gasteiger partial charge in [-0.25, -0.2) is 0 Å². The Balaban J connectivity index is 1.86. The average molecular weight is 202 g/mol. The lowest BCUT2D eigenvalue weighted by Gasteiger charge is -2.29. The van der Waals surface area contributed by atoms with Crippen molar-refractivity contribution in [2.45, 2.75) is 46.5 Å². The first-order chi connectivity index (χ1) is 6.97. The highest BCUT2D eigenvalue weighted by Gasteiger charge is 2.87. The highest BCUT2D eigenvalue weighted by atomic mass is 14.9. The second-order valence-corrected chi connectivity index (χ2v) is 7.43. The number of hydrogen-bond acceptors (Lipinski definition) is 0. The molecule has 4 fully saturated rings. The van der Waals surface area contributed by atoms with Gasteiger partial charge in [-0.2, -0.15) is 0 Å². The molecule has 0 aliphatic heterocycles. The summed E-state index contributed by atoms with van der Waals surface area (Å²) < 4.78 is 0. The van der Waals surface area contributed by atoms with Gasteiger partial charge in [-0.15, -0.1) is 0 Å². The lowest BCUT2D eigenvalue weighted by Crippen LogP contribution is -2.21. The van der Waals surface area contributed by atoms with Crippen LogP contribution in [0.1, 0.15) is 46.5 Å². The van der Waals surface area contributed by atoms with Crippen LogP contribution in [0, 0.1) is 34.0 Å². The summed E-state index contributed by atoms with van der Waals surface area (Å²) in [4.78, 5) is 0. The third-order valence-corrected chi connectivity index (χ3v) is 7.02. The van der Waals surface area contributed by atoms with Crippen LogP contribution >= 0.6 is 0 Å². The van der Waals surface area contributed by atoms with Gasteiger partial charge in [0.05, 0.1) is 0 Å². The van der Waals surface area contributed by atoms with Crippen molar-refractivity contribution in [3.8, 4) is 0 Å². The Morgan fingerprint density at radius 3 is 2.67 bits per heavy atom. The molecule has 0 nitrogen and oxygen atoms in total. The van der Waals surface area contributed by atoms with Gasteiger partial charge >= 0.3 is 0 Å². The Kier molecular flexibility index (Phi) is 1.15. The molecule has 4 aliphatic carbocycles. The fourth-order valence-electron chi connectivity index (χ4n) is 6.35. The first-order valence-corrected chi connectivity index (χ1v) is 6.65. The molecule has 5 atom stereocenters. The fraction of sp³-hybridized carbons (Fsp3) is 0.867. The fourth-order valence-corrected chi connectivity index (χ4v) is 6.35.